The molecule has 0 bridgehead atoms. The van der Waals surface area contributed by atoms with Crippen LogP contribution in [0, 0.1) is 5.92 Å². The molecule has 236 valence electrons. The Morgan fingerprint density at radius 2 is 1.84 bits per heavy atom. The fourth-order valence-corrected chi connectivity index (χ4v) is 5.08. The van der Waals surface area contributed by atoms with Crippen molar-refractivity contribution < 1.29 is 14.3 Å². The van der Waals surface area contributed by atoms with E-state index in [4.69, 9.17) is 16.3 Å². The van der Waals surface area contributed by atoms with E-state index in [0.29, 0.717) is 35.8 Å². The number of halogens is 1. The second kappa shape index (κ2) is 20.7. The Balaban J connectivity index is 0.00000145. The van der Waals surface area contributed by atoms with Gasteiger partial charge in [0.1, 0.15) is 5.75 Å². The molecule has 1 fully saturated rings. The number of methoxy groups -OCH3 is 1. The van der Waals surface area contributed by atoms with Crippen LogP contribution in [-0.4, -0.2) is 34.9 Å². The number of rotatable bonds is 13. The number of unbranched alkanes of at least 4 members (excludes halogenated alkanes) is 1. The highest BCUT2D eigenvalue weighted by atomic mass is 35.5. The molecule has 2 aromatic heterocycles. The van der Waals surface area contributed by atoms with Gasteiger partial charge in [-0.2, -0.15) is 0 Å². The number of hydrogen-bond acceptors (Lipinski definition) is 5. The number of Topliss-reactive ketones (excluding diaryl/α,β-unsaturated/α-hetero) is 1. The minimum Gasteiger partial charge on any atom is -0.497 e. The van der Waals surface area contributed by atoms with Crippen LogP contribution in [0.1, 0.15) is 90.4 Å². The van der Waals surface area contributed by atoms with Crippen LogP contribution in [0.25, 0.3) is 10.9 Å². The maximum Gasteiger partial charge on any atom is 0.230 e. The summed E-state index contributed by atoms with van der Waals surface area (Å²) < 4.78 is 7.44. The topological polar surface area (TPSA) is 64.4 Å². The summed E-state index contributed by atoms with van der Waals surface area (Å²) in [4.78, 5) is 32.9. The van der Waals surface area contributed by atoms with Gasteiger partial charge >= 0.3 is 0 Å². The summed E-state index contributed by atoms with van der Waals surface area (Å²) in [5.41, 5.74) is 2.21. The summed E-state index contributed by atoms with van der Waals surface area (Å²) in [6.45, 7) is 19.1. The van der Waals surface area contributed by atoms with E-state index in [1.807, 2.05) is 92.9 Å². The van der Waals surface area contributed by atoms with Crippen molar-refractivity contribution in [2.45, 2.75) is 86.6 Å². The molecule has 3 aromatic rings. The highest BCUT2D eigenvalue weighted by molar-refractivity contribution is 7.13. The van der Waals surface area contributed by atoms with E-state index in [0.717, 1.165) is 59.7 Å². The average molecular weight is 628 g/mol. The third-order valence-corrected chi connectivity index (χ3v) is 7.88. The molecule has 0 atom stereocenters. The van der Waals surface area contributed by atoms with Gasteiger partial charge in [-0.05, 0) is 62.7 Å². The summed E-state index contributed by atoms with van der Waals surface area (Å²) in [6.07, 6.45) is 12.6. The number of aromatic nitrogens is 2. The SMILES string of the molecule is C=C.CC.CC.CC/C(Cl)=C\CC/C=C(\C)C(=O)c1cn(CCC(=O)N(CC2CC2)c2nccs2)c2cc(OC)ccc12. The zero-order valence-corrected chi connectivity index (χ0v) is 28.7. The Hall–Kier alpha value is -3.16. The van der Waals surface area contributed by atoms with Crippen molar-refractivity contribution in [1.29, 1.82) is 0 Å². The first-order valence-electron chi connectivity index (χ1n) is 15.3. The molecule has 1 saturated carbocycles. The first-order valence-corrected chi connectivity index (χ1v) is 16.6. The highest BCUT2D eigenvalue weighted by Crippen LogP contribution is 2.33. The van der Waals surface area contributed by atoms with Crippen molar-refractivity contribution >= 4 is 50.7 Å². The van der Waals surface area contributed by atoms with Gasteiger partial charge in [0.15, 0.2) is 10.9 Å². The minimum atomic E-state index is -0.0102. The number of carbonyl (C=O) groups excluding carboxylic acids is 2. The third kappa shape index (κ3) is 11.5. The molecular weight excluding hydrogens is 578 g/mol. The van der Waals surface area contributed by atoms with Crippen LogP contribution in [0.2, 0.25) is 0 Å². The molecule has 4 rings (SSSR count). The van der Waals surface area contributed by atoms with Crippen LogP contribution >= 0.6 is 22.9 Å². The lowest BCUT2D eigenvalue weighted by Crippen LogP contribution is -2.33. The number of aryl methyl sites for hydroxylation is 1. The average Bonchev–Trinajstić information content (AvgIpc) is 3.58. The van der Waals surface area contributed by atoms with E-state index < -0.39 is 0 Å². The van der Waals surface area contributed by atoms with Gasteiger partial charge in [0, 0.05) is 59.3 Å². The van der Waals surface area contributed by atoms with Gasteiger partial charge in [-0.3, -0.25) is 14.5 Å². The number of fused-ring (bicyclic) bond motifs is 1. The summed E-state index contributed by atoms with van der Waals surface area (Å²) >= 11 is 7.58. The van der Waals surface area contributed by atoms with Gasteiger partial charge in [-0.25, -0.2) is 4.98 Å². The first kappa shape index (κ1) is 37.9. The Morgan fingerprint density at radius 3 is 2.42 bits per heavy atom. The van der Waals surface area contributed by atoms with Crippen LogP contribution in [0.15, 0.2) is 71.9 Å². The molecule has 0 saturated heterocycles. The second-order valence-corrected chi connectivity index (χ2v) is 10.8. The first-order chi connectivity index (χ1) is 20.9. The number of hydrogen-bond donors (Lipinski definition) is 0. The van der Waals surface area contributed by atoms with Gasteiger partial charge in [0.2, 0.25) is 5.91 Å². The lowest BCUT2D eigenvalue weighted by atomic mass is 10.0. The van der Waals surface area contributed by atoms with Gasteiger partial charge < -0.3 is 9.30 Å². The van der Waals surface area contributed by atoms with Gasteiger partial charge in [-0.15, -0.1) is 24.5 Å². The van der Waals surface area contributed by atoms with Gasteiger partial charge in [0.25, 0.3) is 0 Å². The van der Waals surface area contributed by atoms with Crippen molar-refractivity contribution in [2.75, 3.05) is 18.6 Å². The molecule has 0 radical (unpaired) electrons. The van der Waals surface area contributed by atoms with Crippen LogP contribution in [-0.2, 0) is 11.3 Å². The molecule has 0 aliphatic heterocycles. The van der Waals surface area contributed by atoms with E-state index in [2.05, 4.69) is 18.1 Å². The lowest BCUT2D eigenvalue weighted by molar-refractivity contribution is -0.118. The zero-order chi connectivity index (χ0) is 32.4. The Labute approximate surface area is 268 Å². The van der Waals surface area contributed by atoms with Crippen LogP contribution in [0.3, 0.4) is 0 Å². The summed E-state index contributed by atoms with van der Waals surface area (Å²) in [7, 11) is 1.62. The number of ether oxygens (including phenoxy) is 1. The number of ketones is 1. The number of benzene rings is 1. The van der Waals surface area contributed by atoms with E-state index >= 15 is 0 Å². The summed E-state index contributed by atoms with van der Waals surface area (Å²) in [5.74, 6) is 1.32. The molecule has 1 aromatic carbocycles. The summed E-state index contributed by atoms with van der Waals surface area (Å²) in [5, 5.41) is 4.35. The van der Waals surface area contributed by atoms with Crippen molar-refractivity contribution in [3.63, 3.8) is 0 Å². The number of carbonyl (C=O) groups is 2. The molecule has 2 heterocycles. The molecule has 0 unspecified atom stereocenters. The number of thiazole rings is 1. The summed E-state index contributed by atoms with van der Waals surface area (Å²) in [6, 6.07) is 5.72. The molecule has 1 aliphatic rings. The molecule has 1 amide bonds. The molecule has 1 aliphatic carbocycles. The van der Waals surface area contributed by atoms with Crippen LogP contribution in [0.5, 0.6) is 5.75 Å². The van der Waals surface area contributed by atoms with Gasteiger partial charge in [-0.1, -0.05) is 58.4 Å². The number of amides is 1. The molecule has 8 heteroatoms. The highest BCUT2D eigenvalue weighted by Gasteiger charge is 2.29. The maximum atomic E-state index is 13.4. The normalized spacial score (nSPS) is 12.7. The standard InChI is InChI=1S/C29H34ClN3O3S.2C2H6.C2H4/c1-4-22(30)8-6-5-7-20(2)28(35)25-19-32(26-17-23(36-3)11-12-24(25)26)15-13-27(34)33(18-21-9-10-21)29-31-14-16-37-29;3*1-2/h7-8,11-12,14,16-17,19,21H,4-6,9-10,13,15,18H2,1-3H3;2*1-2H3;1-2H2/b20-7+,22-8+;;;. The fourth-order valence-electron chi connectivity index (χ4n) is 4.30. The van der Waals surface area contributed by atoms with Crippen molar-refractivity contribution in [1.82, 2.24) is 9.55 Å². The quantitative estimate of drug-likeness (QED) is 0.0818. The predicted octanol–water partition coefficient (Wildman–Crippen LogP) is 10.2. The Morgan fingerprint density at radius 1 is 1.16 bits per heavy atom. The largest absolute Gasteiger partial charge is 0.497 e. The Kier molecular flexibility index (Phi) is 18.2. The monoisotopic (exact) mass is 627 g/mol. The molecule has 6 nitrogen and oxygen atoms in total. The minimum absolute atomic E-state index is 0.0102. The number of anilines is 1. The van der Waals surface area contributed by atoms with E-state index in [-0.39, 0.29) is 11.7 Å². The molecule has 0 N–H and O–H groups in total. The van der Waals surface area contributed by atoms with Crippen molar-refractivity contribution in [3.05, 3.63) is 77.5 Å². The van der Waals surface area contributed by atoms with Gasteiger partial charge in [0.05, 0.1) is 12.6 Å². The number of nitrogens with zero attached hydrogens (tertiary/aromatic N) is 3. The van der Waals surface area contributed by atoms with E-state index in [1.165, 1.54) is 11.3 Å². The molecule has 43 heavy (non-hydrogen) atoms. The van der Waals surface area contributed by atoms with E-state index in [1.54, 1.807) is 13.3 Å². The van der Waals surface area contributed by atoms with Crippen molar-refractivity contribution in [2.24, 2.45) is 5.92 Å². The van der Waals surface area contributed by atoms with Crippen LogP contribution in [0.4, 0.5) is 5.13 Å². The second-order valence-electron chi connectivity index (χ2n) is 9.43. The van der Waals surface area contributed by atoms with Crippen LogP contribution < -0.4 is 9.64 Å². The van der Waals surface area contributed by atoms with E-state index in [9.17, 15) is 9.59 Å². The molecular formula is C35H50ClN3O3S. The maximum absolute atomic E-state index is 13.4. The Bertz CT molecular complexity index is 1320. The van der Waals surface area contributed by atoms with Crippen molar-refractivity contribution in [3.8, 4) is 5.75 Å². The molecule has 0 spiro atoms. The lowest BCUT2D eigenvalue weighted by Gasteiger charge is -2.20. The third-order valence-electron chi connectivity index (χ3n) is 6.67. The fraction of sp³-hybridized carbons (Fsp3) is 0.457. The number of allylic oxidation sites excluding steroid dienone is 4. The smallest absolute Gasteiger partial charge is 0.230 e. The predicted molar refractivity (Wildman–Crippen MR) is 186 cm³/mol. The zero-order valence-electron chi connectivity index (χ0n) is 27.1.